The molecule has 0 heterocycles. The van der Waals surface area contributed by atoms with Crippen LogP contribution >= 0.6 is 11.6 Å². The molecule has 3 rings (SSSR count). The summed E-state index contributed by atoms with van der Waals surface area (Å²) in [7, 11) is 0. The Bertz CT molecular complexity index is 938. The first-order valence-corrected chi connectivity index (χ1v) is 9.59. The molecular weight excluding hydrogens is 426 g/mol. The highest BCUT2D eigenvalue weighted by atomic mass is 35.5. The van der Waals surface area contributed by atoms with Gasteiger partial charge in [0.1, 0.15) is 5.82 Å². The number of hydrogen-bond acceptors (Lipinski definition) is 3. The van der Waals surface area contributed by atoms with Crippen molar-refractivity contribution in [3.05, 3.63) is 64.4 Å². The van der Waals surface area contributed by atoms with Crippen LogP contribution in [0.5, 0.6) is 0 Å². The highest BCUT2D eigenvalue weighted by Crippen LogP contribution is 2.42. The minimum atomic E-state index is -4.60. The van der Waals surface area contributed by atoms with E-state index >= 15 is 0 Å². The van der Waals surface area contributed by atoms with Crippen LogP contribution in [0.2, 0.25) is 5.02 Å². The molecule has 0 radical (unpaired) electrons. The van der Waals surface area contributed by atoms with Crippen LogP contribution in [0.1, 0.15) is 36.8 Å². The standard InChI is InChI=1S/C21H18ClF4NO3/c22-16-8-5-14(21(24,25)26)11-17(16)27-18(28)12-30-19(29)20(9-1-2-10-20)13-3-6-15(23)7-4-13/h3-8,11H,1-2,9-10,12H2,(H,27,28). The number of anilines is 1. The third-order valence-electron chi connectivity index (χ3n) is 5.15. The van der Waals surface area contributed by atoms with Gasteiger partial charge >= 0.3 is 12.1 Å². The monoisotopic (exact) mass is 443 g/mol. The van der Waals surface area contributed by atoms with Crippen LogP contribution in [0.15, 0.2) is 42.5 Å². The van der Waals surface area contributed by atoms with Gasteiger partial charge in [0.25, 0.3) is 5.91 Å². The quantitative estimate of drug-likeness (QED) is 0.491. The summed E-state index contributed by atoms with van der Waals surface area (Å²) in [5, 5.41) is 2.15. The zero-order valence-corrected chi connectivity index (χ0v) is 16.4. The van der Waals surface area contributed by atoms with E-state index in [9.17, 15) is 27.2 Å². The third-order valence-corrected chi connectivity index (χ3v) is 5.48. The van der Waals surface area contributed by atoms with Crippen molar-refractivity contribution in [3.63, 3.8) is 0 Å². The van der Waals surface area contributed by atoms with E-state index in [1.54, 1.807) is 0 Å². The van der Waals surface area contributed by atoms with Gasteiger partial charge in [-0.2, -0.15) is 13.2 Å². The molecule has 1 aliphatic rings. The van der Waals surface area contributed by atoms with Crippen molar-refractivity contribution in [2.45, 2.75) is 37.3 Å². The van der Waals surface area contributed by atoms with Crippen LogP contribution in [-0.4, -0.2) is 18.5 Å². The van der Waals surface area contributed by atoms with Gasteiger partial charge in [-0.25, -0.2) is 4.39 Å². The van der Waals surface area contributed by atoms with Gasteiger partial charge in [0.2, 0.25) is 0 Å². The topological polar surface area (TPSA) is 55.4 Å². The maximum Gasteiger partial charge on any atom is 0.416 e. The van der Waals surface area contributed by atoms with E-state index in [0.717, 1.165) is 25.0 Å². The van der Waals surface area contributed by atoms with E-state index in [-0.39, 0.29) is 10.7 Å². The molecule has 1 N–H and O–H groups in total. The summed E-state index contributed by atoms with van der Waals surface area (Å²) in [5.74, 6) is -1.88. The van der Waals surface area contributed by atoms with Crippen molar-refractivity contribution in [2.24, 2.45) is 0 Å². The summed E-state index contributed by atoms with van der Waals surface area (Å²) in [5.41, 5.74) is -1.57. The lowest BCUT2D eigenvalue weighted by Gasteiger charge is -2.27. The SMILES string of the molecule is O=C(COC(=O)C1(c2ccc(F)cc2)CCCC1)Nc1cc(C(F)(F)F)ccc1Cl. The highest BCUT2D eigenvalue weighted by Gasteiger charge is 2.44. The number of halogens is 5. The maximum absolute atomic E-state index is 13.2. The molecule has 30 heavy (non-hydrogen) atoms. The number of carbonyl (C=O) groups excluding carboxylic acids is 2. The largest absolute Gasteiger partial charge is 0.455 e. The number of carbonyl (C=O) groups is 2. The van der Waals surface area contributed by atoms with E-state index in [1.165, 1.54) is 24.3 Å². The first-order valence-electron chi connectivity index (χ1n) is 9.22. The molecule has 0 spiro atoms. The van der Waals surface area contributed by atoms with E-state index in [1.807, 2.05) is 0 Å². The number of esters is 1. The number of rotatable bonds is 5. The molecule has 2 aromatic rings. The van der Waals surface area contributed by atoms with Gasteiger partial charge in [0.15, 0.2) is 6.61 Å². The molecule has 9 heteroatoms. The van der Waals surface area contributed by atoms with E-state index < -0.39 is 41.5 Å². The van der Waals surface area contributed by atoms with Crippen molar-refractivity contribution < 1.29 is 31.9 Å². The summed E-state index contributed by atoms with van der Waals surface area (Å²) >= 11 is 5.85. The summed E-state index contributed by atoms with van der Waals surface area (Å²) in [6.07, 6.45) is -2.05. The van der Waals surface area contributed by atoms with Crippen LogP contribution in [0.3, 0.4) is 0 Å². The second-order valence-corrected chi connectivity index (χ2v) is 7.52. The number of ether oxygens (including phenoxy) is 1. The summed E-state index contributed by atoms with van der Waals surface area (Å²) in [4.78, 5) is 24.9. The Morgan fingerprint density at radius 3 is 2.30 bits per heavy atom. The lowest BCUT2D eigenvalue weighted by molar-refractivity contribution is -0.153. The van der Waals surface area contributed by atoms with E-state index in [2.05, 4.69) is 5.32 Å². The highest BCUT2D eigenvalue weighted by molar-refractivity contribution is 6.33. The van der Waals surface area contributed by atoms with Gasteiger partial charge in [-0.3, -0.25) is 9.59 Å². The van der Waals surface area contributed by atoms with Crippen molar-refractivity contribution in [1.29, 1.82) is 0 Å². The Balaban J connectivity index is 1.68. The molecule has 1 fully saturated rings. The molecule has 1 saturated carbocycles. The average Bonchev–Trinajstić information content (AvgIpc) is 3.18. The number of alkyl halides is 3. The van der Waals surface area contributed by atoms with Crippen LogP contribution in [0.4, 0.5) is 23.2 Å². The number of nitrogens with one attached hydrogen (secondary N) is 1. The fourth-order valence-electron chi connectivity index (χ4n) is 3.61. The Morgan fingerprint density at radius 2 is 1.70 bits per heavy atom. The number of hydrogen-bond donors (Lipinski definition) is 1. The van der Waals surface area contributed by atoms with Crippen molar-refractivity contribution in [2.75, 3.05) is 11.9 Å². The molecule has 0 aromatic heterocycles. The minimum Gasteiger partial charge on any atom is -0.455 e. The molecule has 4 nitrogen and oxygen atoms in total. The van der Waals surface area contributed by atoms with Gasteiger partial charge in [0, 0.05) is 0 Å². The molecule has 1 aliphatic carbocycles. The fraction of sp³-hybridized carbons (Fsp3) is 0.333. The molecule has 0 aliphatic heterocycles. The molecule has 0 bridgehead atoms. The second-order valence-electron chi connectivity index (χ2n) is 7.11. The lowest BCUT2D eigenvalue weighted by atomic mass is 9.79. The smallest absolute Gasteiger partial charge is 0.416 e. The molecule has 0 atom stereocenters. The van der Waals surface area contributed by atoms with Crippen LogP contribution in [0, 0.1) is 5.82 Å². The summed E-state index contributed by atoms with van der Waals surface area (Å²) < 4.78 is 57.0. The Hall–Kier alpha value is -2.61. The molecule has 0 saturated heterocycles. The minimum absolute atomic E-state index is 0.0822. The molecule has 160 valence electrons. The first kappa shape index (κ1) is 22.1. The average molecular weight is 444 g/mol. The Labute approximate surface area is 175 Å². The van der Waals surface area contributed by atoms with Crippen LogP contribution in [0.25, 0.3) is 0 Å². The molecule has 1 amide bonds. The Kier molecular flexibility index (Phi) is 6.36. The normalized spacial score (nSPS) is 15.6. The molecular formula is C21H18ClF4NO3. The van der Waals surface area contributed by atoms with Crippen LogP contribution < -0.4 is 5.32 Å². The molecule has 0 unspecified atom stereocenters. The van der Waals surface area contributed by atoms with Crippen molar-refractivity contribution in [3.8, 4) is 0 Å². The molecule has 2 aromatic carbocycles. The van der Waals surface area contributed by atoms with Gasteiger partial charge < -0.3 is 10.1 Å². The van der Waals surface area contributed by atoms with Gasteiger partial charge in [-0.1, -0.05) is 36.6 Å². The van der Waals surface area contributed by atoms with Gasteiger partial charge in [0.05, 0.1) is 21.7 Å². The zero-order chi connectivity index (χ0) is 21.9. The lowest BCUT2D eigenvalue weighted by Crippen LogP contribution is -2.36. The van der Waals surface area contributed by atoms with E-state index in [4.69, 9.17) is 16.3 Å². The first-order chi connectivity index (χ1) is 14.1. The number of benzene rings is 2. The summed E-state index contributed by atoms with van der Waals surface area (Å²) in [6, 6.07) is 8.07. The van der Waals surface area contributed by atoms with Gasteiger partial charge in [-0.15, -0.1) is 0 Å². The predicted octanol–water partition coefficient (Wildman–Crippen LogP) is 5.49. The van der Waals surface area contributed by atoms with E-state index in [0.29, 0.717) is 24.5 Å². The zero-order valence-electron chi connectivity index (χ0n) is 15.7. The number of amides is 1. The van der Waals surface area contributed by atoms with Crippen LogP contribution in [-0.2, 0) is 25.9 Å². The van der Waals surface area contributed by atoms with Gasteiger partial charge in [-0.05, 0) is 48.7 Å². The second kappa shape index (κ2) is 8.63. The fourth-order valence-corrected chi connectivity index (χ4v) is 3.78. The third kappa shape index (κ3) is 4.75. The van der Waals surface area contributed by atoms with Crippen molar-refractivity contribution >= 4 is 29.2 Å². The predicted molar refractivity (Wildman–Crippen MR) is 103 cm³/mol. The maximum atomic E-state index is 13.2. The Morgan fingerprint density at radius 1 is 1.07 bits per heavy atom. The summed E-state index contributed by atoms with van der Waals surface area (Å²) in [6.45, 7) is -0.686. The van der Waals surface area contributed by atoms with Crippen molar-refractivity contribution in [1.82, 2.24) is 0 Å².